The van der Waals surface area contributed by atoms with Crippen LogP contribution in [0.3, 0.4) is 0 Å². The fraction of sp³-hybridized carbons (Fsp3) is 0.211. The van der Waals surface area contributed by atoms with Gasteiger partial charge in [0.15, 0.2) is 0 Å². The van der Waals surface area contributed by atoms with Crippen molar-refractivity contribution >= 4 is 16.8 Å². The van der Waals surface area contributed by atoms with Crippen molar-refractivity contribution in [1.82, 2.24) is 20.4 Å². The Kier molecular flexibility index (Phi) is 3.82. The molecule has 2 N–H and O–H groups in total. The number of nitrogens with one attached hydrogen (secondary N) is 2. The standard InChI is InChI=1S/C19H18N4O2/c1-2-15-20-14-11-7-6-10-13(14)19(25)23(15)17-16(21-22-18(17)24)12-8-4-3-5-9-12/h3-11,16-17,21H,2H2,1H3,(H,22,24). The lowest BCUT2D eigenvalue weighted by Gasteiger charge is -2.22. The number of hydrogen-bond acceptors (Lipinski definition) is 4. The minimum absolute atomic E-state index is 0.188. The number of nitrogens with zero attached hydrogens (tertiary/aromatic N) is 2. The van der Waals surface area contributed by atoms with Crippen molar-refractivity contribution in [2.75, 3.05) is 0 Å². The van der Waals surface area contributed by atoms with E-state index in [4.69, 9.17) is 0 Å². The van der Waals surface area contributed by atoms with Crippen molar-refractivity contribution in [3.63, 3.8) is 0 Å². The third-order valence-electron chi connectivity index (χ3n) is 4.57. The molecule has 2 heterocycles. The van der Waals surface area contributed by atoms with E-state index < -0.39 is 6.04 Å². The molecule has 6 nitrogen and oxygen atoms in total. The fourth-order valence-electron chi connectivity index (χ4n) is 3.37. The van der Waals surface area contributed by atoms with E-state index in [0.717, 1.165) is 5.56 Å². The summed E-state index contributed by atoms with van der Waals surface area (Å²) in [5.41, 5.74) is 7.08. The molecule has 1 aromatic heterocycles. The number of hydrogen-bond donors (Lipinski definition) is 2. The summed E-state index contributed by atoms with van der Waals surface area (Å²) in [4.78, 5) is 30.3. The van der Waals surface area contributed by atoms with Crippen LogP contribution in [0, 0.1) is 0 Å². The monoisotopic (exact) mass is 334 g/mol. The molecule has 1 aliphatic heterocycles. The van der Waals surface area contributed by atoms with Gasteiger partial charge in [0.05, 0.1) is 16.9 Å². The number of aromatic nitrogens is 2. The summed E-state index contributed by atoms with van der Waals surface area (Å²) >= 11 is 0. The first-order valence-corrected chi connectivity index (χ1v) is 8.31. The van der Waals surface area contributed by atoms with Gasteiger partial charge in [-0.25, -0.2) is 10.4 Å². The topological polar surface area (TPSA) is 76.0 Å². The van der Waals surface area contributed by atoms with Crippen molar-refractivity contribution in [2.45, 2.75) is 25.4 Å². The summed E-state index contributed by atoms with van der Waals surface area (Å²) in [5, 5.41) is 0.520. The third-order valence-corrected chi connectivity index (χ3v) is 4.57. The van der Waals surface area contributed by atoms with Crippen LogP contribution in [0.5, 0.6) is 0 Å². The second-order valence-corrected chi connectivity index (χ2v) is 6.04. The normalized spacial score (nSPS) is 20.0. The molecular formula is C19H18N4O2. The molecule has 0 spiro atoms. The van der Waals surface area contributed by atoms with Crippen molar-refractivity contribution in [3.8, 4) is 0 Å². The Balaban J connectivity index is 1.94. The molecule has 25 heavy (non-hydrogen) atoms. The fourth-order valence-corrected chi connectivity index (χ4v) is 3.37. The van der Waals surface area contributed by atoms with Gasteiger partial charge >= 0.3 is 0 Å². The molecule has 1 aliphatic rings. The summed E-state index contributed by atoms with van der Waals surface area (Å²) < 4.78 is 1.54. The van der Waals surface area contributed by atoms with E-state index in [1.54, 1.807) is 6.07 Å². The molecule has 0 bridgehead atoms. The molecule has 2 unspecified atom stereocenters. The molecule has 6 heteroatoms. The van der Waals surface area contributed by atoms with Gasteiger partial charge in [-0.2, -0.15) is 0 Å². The summed E-state index contributed by atoms with van der Waals surface area (Å²) in [6, 6.07) is 15.9. The average Bonchev–Trinajstić information content (AvgIpc) is 3.03. The quantitative estimate of drug-likeness (QED) is 0.767. The molecule has 0 aliphatic carbocycles. The number of rotatable bonds is 3. The maximum atomic E-state index is 13.1. The molecule has 126 valence electrons. The lowest BCUT2D eigenvalue weighted by molar-refractivity contribution is -0.122. The van der Waals surface area contributed by atoms with Crippen LogP contribution in [0.1, 0.15) is 30.4 Å². The molecule has 1 saturated heterocycles. The van der Waals surface area contributed by atoms with Crippen molar-refractivity contribution in [1.29, 1.82) is 0 Å². The van der Waals surface area contributed by atoms with Gasteiger partial charge in [-0.05, 0) is 17.7 Å². The van der Waals surface area contributed by atoms with Gasteiger partial charge in [0.25, 0.3) is 11.5 Å². The molecule has 2 atom stereocenters. The number of para-hydroxylation sites is 1. The van der Waals surface area contributed by atoms with Crippen LogP contribution in [-0.2, 0) is 11.2 Å². The number of aryl methyl sites for hydroxylation is 1. The summed E-state index contributed by atoms with van der Waals surface area (Å²) in [7, 11) is 0. The molecule has 1 amide bonds. The van der Waals surface area contributed by atoms with Crippen molar-refractivity contribution < 1.29 is 4.79 Å². The highest BCUT2D eigenvalue weighted by molar-refractivity contribution is 5.84. The van der Waals surface area contributed by atoms with Crippen LogP contribution >= 0.6 is 0 Å². The van der Waals surface area contributed by atoms with Crippen LogP contribution in [0.2, 0.25) is 0 Å². The van der Waals surface area contributed by atoms with Crippen LogP contribution < -0.4 is 16.4 Å². The minimum Gasteiger partial charge on any atom is -0.289 e. The van der Waals surface area contributed by atoms with E-state index in [0.29, 0.717) is 23.1 Å². The van der Waals surface area contributed by atoms with Gasteiger partial charge in [-0.1, -0.05) is 49.4 Å². The lowest BCUT2D eigenvalue weighted by Crippen LogP contribution is -2.35. The molecule has 0 saturated carbocycles. The number of carbonyl (C=O) groups is 1. The Morgan fingerprint density at radius 2 is 1.76 bits per heavy atom. The molecule has 0 radical (unpaired) electrons. The highest BCUT2D eigenvalue weighted by Gasteiger charge is 2.39. The van der Waals surface area contributed by atoms with Crippen LogP contribution in [0.4, 0.5) is 0 Å². The predicted molar refractivity (Wildman–Crippen MR) is 94.9 cm³/mol. The van der Waals surface area contributed by atoms with Gasteiger partial charge in [0.2, 0.25) is 0 Å². The Hall–Kier alpha value is -2.99. The molecule has 4 rings (SSSR count). The number of benzene rings is 2. The SMILES string of the molecule is CCc1nc2ccccc2c(=O)n1C1C(=O)NNC1c1ccccc1. The van der Waals surface area contributed by atoms with Gasteiger partial charge in [0, 0.05) is 6.42 Å². The van der Waals surface area contributed by atoms with Gasteiger partial charge in [0.1, 0.15) is 11.9 Å². The van der Waals surface area contributed by atoms with E-state index in [2.05, 4.69) is 15.8 Å². The van der Waals surface area contributed by atoms with Crippen molar-refractivity contribution in [2.24, 2.45) is 0 Å². The molecular weight excluding hydrogens is 316 g/mol. The Bertz CT molecular complexity index is 997. The van der Waals surface area contributed by atoms with Crippen molar-refractivity contribution in [3.05, 3.63) is 76.3 Å². The number of fused-ring (bicyclic) bond motifs is 1. The zero-order chi connectivity index (χ0) is 17.4. The number of carbonyl (C=O) groups excluding carboxylic acids is 1. The predicted octanol–water partition coefficient (Wildman–Crippen LogP) is 1.88. The maximum Gasteiger partial charge on any atom is 0.262 e. The van der Waals surface area contributed by atoms with Crippen LogP contribution in [-0.4, -0.2) is 15.5 Å². The first-order valence-electron chi connectivity index (χ1n) is 8.31. The highest BCUT2D eigenvalue weighted by atomic mass is 16.2. The van der Waals surface area contributed by atoms with E-state index >= 15 is 0 Å². The van der Waals surface area contributed by atoms with Gasteiger partial charge < -0.3 is 0 Å². The van der Waals surface area contributed by atoms with E-state index in [1.807, 2.05) is 55.5 Å². The summed E-state index contributed by atoms with van der Waals surface area (Å²) in [6.07, 6.45) is 0.561. The molecule has 2 aromatic carbocycles. The van der Waals surface area contributed by atoms with Crippen LogP contribution in [0.15, 0.2) is 59.4 Å². The Labute approximate surface area is 144 Å². The van der Waals surface area contributed by atoms with Gasteiger partial charge in [-0.15, -0.1) is 0 Å². The second-order valence-electron chi connectivity index (χ2n) is 6.04. The number of hydrazine groups is 1. The van der Waals surface area contributed by atoms with Crippen LogP contribution in [0.25, 0.3) is 10.9 Å². The Morgan fingerprint density at radius 3 is 2.52 bits per heavy atom. The largest absolute Gasteiger partial charge is 0.289 e. The van der Waals surface area contributed by atoms with Gasteiger partial charge in [-0.3, -0.25) is 19.6 Å². The van der Waals surface area contributed by atoms with E-state index in [9.17, 15) is 9.59 Å². The number of amides is 1. The minimum atomic E-state index is -0.679. The zero-order valence-electron chi connectivity index (χ0n) is 13.8. The summed E-state index contributed by atoms with van der Waals surface area (Å²) in [6.45, 7) is 1.94. The first kappa shape index (κ1) is 15.5. The third kappa shape index (κ3) is 2.51. The second kappa shape index (κ2) is 6.14. The first-order chi connectivity index (χ1) is 12.2. The highest BCUT2D eigenvalue weighted by Crippen LogP contribution is 2.30. The average molecular weight is 334 g/mol. The molecule has 3 aromatic rings. The van der Waals surface area contributed by atoms with E-state index in [1.165, 1.54) is 4.57 Å². The Morgan fingerprint density at radius 1 is 1.04 bits per heavy atom. The maximum absolute atomic E-state index is 13.1. The smallest absolute Gasteiger partial charge is 0.262 e. The zero-order valence-corrected chi connectivity index (χ0v) is 13.8. The van der Waals surface area contributed by atoms with E-state index in [-0.39, 0.29) is 17.5 Å². The summed E-state index contributed by atoms with van der Waals surface area (Å²) in [5.74, 6) is 0.371. The lowest BCUT2D eigenvalue weighted by atomic mass is 10.00. The molecule has 1 fully saturated rings.